The topological polar surface area (TPSA) is 22.0 Å². The molecule has 2 aromatic rings. The molecule has 0 saturated carbocycles. The standard InChI is InChI=1S/C12H11NOS/c1-13-10(7-8-11(13)12(14)15)9-5-3-2-4-6-9/h2-8H,1H3,(H,14,15). The Kier molecular flexibility index (Phi) is 2.64. The van der Waals surface area contributed by atoms with E-state index in [1.807, 2.05) is 48.0 Å². The molecule has 2 rings (SSSR count). The van der Waals surface area contributed by atoms with Gasteiger partial charge in [0.1, 0.15) is 0 Å². The fraction of sp³-hybridized carbons (Fsp3) is 0.0833. The third kappa shape index (κ3) is 1.83. The van der Waals surface area contributed by atoms with Crippen molar-refractivity contribution in [1.82, 2.24) is 4.57 Å². The largest absolute Gasteiger partial charge is 0.341 e. The minimum atomic E-state index is -0.209. The number of thiol groups is 1. The van der Waals surface area contributed by atoms with Crippen LogP contribution in [0.1, 0.15) is 10.5 Å². The lowest BCUT2D eigenvalue weighted by Crippen LogP contribution is -2.00. The highest BCUT2D eigenvalue weighted by Crippen LogP contribution is 2.21. The monoisotopic (exact) mass is 217 g/mol. The number of carbonyl (C=O) groups excluding carboxylic acids is 1. The molecule has 0 aliphatic rings. The van der Waals surface area contributed by atoms with Gasteiger partial charge in [-0.2, -0.15) is 0 Å². The molecule has 0 N–H and O–H groups in total. The van der Waals surface area contributed by atoms with Crippen LogP contribution in [-0.4, -0.2) is 9.68 Å². The lowest BCUT2D eigenvalue weighted by atomic mass is 10.2. The van der Waals surface area contributed by atoms with Gasteiger partial charge in [0.05, 0.1) is 5.69 Å². The van der Waals surface area contributed by atoms with Crippen molar-refractivity contribution in [2.24, 2.45) is 7.05 Å². The number of carbonyl (C=O) groups is 1. The summed E-state index contributed by atoms with van der Waals surface area (Å²) in [5.74, 6) is 0. The third-order valence-electron chi connectivity index (χ3n) is 2.41. The summed E-state index contributed by atoms with van der Waals surface area (Å²) in [7, 11) is 1.87. The van der Waals surface area contributed by atoms with E-state index in [-0.39, 0.29) is 5.12 Å². The number of nitrogens with zero attached hydrogens (tertiary/aromatic N) is 1. The van der Waals surface area contributed by atoms with Crippen LogP contribution in [0.2, 0.25) is 0 Å². The summed E-state index contributed by atoms with van der Waals surface area (Å²) >= 11 is 3.82. The molecule has 1 heterocycles. The Labute approximate surface area is 94.0 Å². The van der Waals surface area contributed by atoms with Crippen LogP contribution in [0.5, 0.6) is 0 Å². The predicted molar refractivity (Wildman–Crippen MR) is 64.2 cm³/mol. The lowest BCUT2D eigenvalue weighted by Gasteiger charge is -2.05. The van der Waals surface area contributed by atoms with Crippen LogP contribution in [-0.2, 0) is 7.05 Å². The highest BCUT2D eigenvalue weighted by molar-refractivity contribution is 7.97. The quantitative estimate of drug-likeness (QED) is 0.768. The van der Waals surface area contributed by atoms with Crippen molar-refractivity contribution in [2.75, 3.05) is 0 Å². The van der Waals surface area contributed by atoms with E-state index in [9.17, 15) is 4.79 Å². The maximum Gasteiger partial charge on any atom is 0.232 e. The second-order valence-corrected chi connectivity index (χ2v) is 3.74. The van der Waals surface area contributed by atoms with E-state index in [0.717, 1.165) is 11.3 Å². The minimum absolute atomic E-state index is 0.209. The molecule has 0 saturated heterocycles. The van der Waals surface area contributed by atoms with Gasteiger partial charge in [-0.05, 0) is 17.7 Å². The van der Waals surface area contributed by atoms with Gasteiger partial charge in [-0.15, -0.1) is 0 Å². The van der Waals surface area contributed by atoms with Crippen molar-refractivity contribution in [1.29, 1.82) is 0 Å². The van der Waals surface area contributed by atoms with Crippen molar-refractivity contribution >= 4 is 17.7 Å². The summed E-state index contributed by atoms with van der Waals surface area (Å²) in [6, 6.07) is 13.7. The Morgan fingerprint density at radius 1 is 1.13 bits per heavy atom. The third-order valence-corrected chi connectivity index (χ3v) is 2.64. The van der Waals surface area contributed by atoms with Gasteiger partial charge in [-0.25, -0.2) is 0 Å². The van der Waals surface area contributed by atoms with E-state index in [1.54, 1.807) is 6.07 Å². The van der Waals surface area contributed by atoms with Gasteiger partial charge in [0.2, 0.25) is 5.12 Å². The zero-order chi connectivity index (χ0) is 10.8. The Bertz CT molecular complexity index is 488. The van der Waals surface area contributed by atoms with Gasteiger partial charge in [0.15, 0.2) is 0 Å². The zero-order valence-corrected chi connectivity index (χ0v) is 9.24. The van der Waals surface area contributed by atoms with E-state index in [1.165, 1.54) is 0 Å². The normalized spacial score (nSPS) is 10.3. The van der Waals surface area contributed by atoms with Gasteiger partial charge in [0.25, 0.3) is 0 Å². The SMILES string of the molecule is Cn1c(C(=O)S)ccc1-c1ccccc1. The summed E-state index contributed by atoms with van der Waals surface area (Å²) in [5, 5.41) is -0.209. The van der Waals surface area contributed by atoms with E-state index < -0.39 is 0 Å². The zero-order valence-electron chi connectivity index (χ0n) is 8.34. The van der Waals surface area contributed by atoms with Crippen LogP contribution in [0.3, 0.4) is 0 Å². The number of hydrogen-bond acceptors (Lipinski definition) is 1. The average Bonchev–Trinajstić information content (AvgIpc) is 2.61. The maximum atomic E-state index is 11.2. The van der Waals surface area contributed by atoms with Crippen molar-refractivity contribution < 1.29 is 4.79 Å². The Morgan fingerprint density at radius 2 is 1.80 bits per heavy atom. The molecule has 3 heteroatoms. The molecule has 1 aromatic carbocycles. The summed E-state index contributed by atoms with van der Waals surface area (Å²) in [4.78, 5) is 11.2. The molecule has 0 atom stereocenters. The van der Waals surface area contributed by atoms with E-state index in [4.69, 9.17) is 0 Å². The summed E-state index contributed by atoms with van der Waals surface area (Å²) < 4.78 is 1.85. The highest BCUT2D eigenvalue weighted by atomic mass is 32.1. The molecular formula is C12H11NOS. The Balaban J connectivity index is 2.52. The molecule has 0 radical (unpaired) electrons. The molecule has 0 spiro atoms. The average molecular weight is 217 g/mol. The van der Waals surface area contributed by atoms with Crippen LogP contribution in [0.4, 0.5) is 0 Å². The second kappa shape index (κ2) is 3.95. The number of rotatable bonds is 2. The first-order chi connectivity index (χ1) is 7.20. The number of benzene rings is 1. The van der Waals surface area contributed by atoms with Gasteiger partial charge in [-0.1, -0.05) is 43.0 Å². The van der Waals surface area contributed by atoms with Crippen LogP contribution in [0, 0.1) is 0 Å². The molecule has 0 bridgehead atoms. The van der Waals surface area contributed by atoms with E-state index in [0.29, 0.717) is 5.69 Å². The van der Waals surface area contributed by atoms with Crippen molar-refractivity contribution in [3.8, 4) is 11.3 Å². The van der Waals surface area contributed by atoms with Gasteiger partial charge in [0, 0.05) is 12.7 Å². The molecule has 0 fully saturated rings. The first-order valence-electron chi connectivity index (χ1n) is 4.64. The molecule has 0 unspecified atom stereocenters. The van der Waals surface area contributed by atoms with Gasteiger partial charge >= 0.3 is 0 Å². The van der Waals surface area contributed by atoms with Crippen molar-refractivity contribution in [3.63, 3.8) is 0 Å². The van der Waals surface area contributed by atoms with Gasteiger partial charge < -0.3 is 4.57 Å². The smallest absolute Gasteiger partial charge is 0.232 e. The van der Waals surface area contributed by atoms with Gasteiger partial charge in [-0.3, -0.25) is 4.79 Å². The fourth-order valence-corrected chi connectivity index (χ4v) is 1.85. The van der Waals surface area contributed by atoms with Crippen LogP contribution in [0.15, 0.2) is 42.5 Å². The molecule has 0 amide bonds. The summed E-state index contributed by atoms with van der Waals surface area (Å²) in [6.07, 6.45) is 0. The van der Waals surface area contributed by atoms with Crippen LogP contribution >= 0.6 is 12.6 Å². The fourth-order valence-electron chi connectivity index (χ4n) is 1.62. The summed E-state index contributed by atoms with van der Waals surface area (Å²) in [5.41, 5.74) is 2.73. The molecule has 2 nitrogen and oxygen atoms in total. The molecule has 76 valence electrons. The highest BCUT2D eigenvalue weighted by Gasteiger charge is 2.09. The molecule has 1 aromatic heterocycles. The number of aromatic nitrogens is 1. The summed E-state index contributed by atoms with van der Waals surface area (Å²) in [6.45, 7) is 0. The van der Waals surface area contributed by atoms with Crippen molar-refractivity contribution in [3.05, 3.63) is 48.2 Å². The predicted octanol–water partition coefficient (Wildman–Crippen LogP) is 2.76. The second-order valence-electron chi connectivity index (χ2n) is 3.33. The molecule has 15 heavy (non-hydrogen) atoms. The first kappa shape index (κ1) is 10.1. The Hall–Kier alpha value is -1.48. The van der Waals surface area contributed by atoms with E-state index >= 15 is 0 Å². The molecule has 0 aliphatic carbocycles. The Morgan fingerprint density at radius 3 is 2.33 bits per heavy atom. The van der Waals surface area contributed by atoms with E-state index in [2.05, 4.69) is 12.6 Å². The van der Waals surface area contributed by atoms with Crippen LogP contribution in [0.25, 0.3) is 11.3 Å². The lowest BCUT2D eigenvalue weighted by molar-refractivity contribution is 0.108. The molecule has 0 aliphatic heterocycles. The maximum absolute atomic E-state index is 11.2. The minimum Gasteiger partial charge on any atom is -0.341 e. The van der Waals surface area contributed by atoms with Crippen molar-refractivity contribution in [2.45, 2.75) is 0 Å². The number of hydrogen-bond donors (Lipinski definition) is 1. The first-order valence-corrected chi connectivity index (χ1v) is 5.09. The molecular weight excluding hydrogens is 206 g/mol. The van der Waals surface area contributed by atoms with Crippen LogP contribution < -0.4 is 0 Å².